The molecule has 0 saturated carbocycles. The van der Waals surface area contributed by atoms with E-state index in [-0.39, 0.29) is 17.4 Å². The molecule has 0 unspecified atom stereocenters. The summed E-state index contributed by atoms with van der Waals surface area (Å²) in [7, 11) is 3.16. The molecule has 0 spiro atoms. The first-order valence-corrected chi connectivity index (χ1v) is 7.11. The highest BCUT2D eigenvalue weighted by Gasteiger charge is 2.34. The Hall–Kier alpha value is -2.37. The van der Waals surface area contributed by atoms with Crippen LogP contribution in [0.3, 0.4) is 0 Å². The van der Waals surface area contributed by atoms with E-state index in [0.29, 0.717) is 0 Å². The summed E-state index contributed by atoms with van der Waals surface area (Å²) >= 11 is 0. The molecule has 0 amide bonds. The molecule has 0 radical (unpaired) electrons. The van der Waals surface area contributed by atoms with Gasteiger partial charge in [0.25, 0.3) is 0 Å². The minimum Gasteiger partial charge on any atom is -0.353 e. The number of alkyl halides is 3. The highest BCUT2D eigenvalue weighted by atomic mass is 19.4. The number of pyridine rings is 1. The van der Waals surface area contributed by atoms with Gasteiger partial charge in [-0.1, -0.05) is 30.3 Å². The van der Waals surface area contributed by atoms with Gasteiger partial charge in [-0.3, -0.25) is 4.99 Å². The summed E-state index contributed by atoms with van der Waals surface area (Å²) < 4.78 is 39.7. The fourth-order valence-corrected chi connectivity index (χ4v) is 2.29. The average Bonchev–Trinajstić information content (AvgIpc) is 2.54. The van der Waals surface area contributed by atoms with E-state index < -0.39 is 11.7 Å². The number of anilines is 1. The Kier molecular flexibility index (Phi) is 5.03. The molecule has 0 fully saturated rings. The van der Waals surface area contributed by atoms with Gasteiger partial charge in [0.15, 0.2) is 0 Å². The highest BCUT2D eigenvalue weighted by Crippen LogP contribution is 2.34. The highest BCUT2D eigenvalue weighted by molar-refractivity contribution is 5.82. The van der Waals surface area contributed by atoms with Crippen molar-refractivity contribution in [2.45, 2.75) is 19.1 Å². The zero-order chi connectivity index (χ0) is 17.0. The predicted octanol–water partition coefficient (Wildman–Crippen LogP) is 4.35. The Labute approximate surface area is 133 Å². The molecule has 3 nitrogen and oxygen atoms in total. The van der Waals surface area contributed by atoms with Crippen LogP contribution >= 0.6 is 0 Å². The van der Waals surface area contributed by atoms with Gasteiger partial charge >= 0.3 is 6.18 Å². The lowest BCUT2D eigenvalue weighted by atomic mass is 10.1. The van der Waals surface area contributed by atoms with Crippen LogP contribution in [0.1, 0.15) is 29.7 Å². The van der Waals surface area contributed by atoms with E-state index in [2.05, 4.69) is 9.98 Å². The van der Waals surface area contributed by atoms with Gasteiger partial charge in [0.1, 0.15) is 5.82 Å². The molecule has 0 aliphatic heterocycles. The molecule has 1 heterocycles. The maximum atomic E-state index is 13.2. The summed E-state index contributed by atoms with van der Waals surface area (Å²) in [6, 6.07) is 10.5. The second-order valence-electron chi connectivity index (χ2n) is 5.21. The number of halogens is 3. The van der Waals surface area contributed by atoms with Crippen molar-refractivity contribution in [1.29, 1.82) is 0 Å². The topological polar surface area (TPSA) is 28.5 Å². The number of hydrogen-bond donors (Lipinski definition) is 0. The first-order chi connectivity index (χ1) is 10.8. The monoisotopic (exact) mass is 321 g/mol. The summed E-state index contributed by atoms with van der Waals surface area (Å²) in [5.74, 6) is 0.266. The molecule has 122 valence electrons. The fraction of sp³-hybridized carbons (Fsp3) is 0.294. The zero-order valence-corrected chi connectivity index (χ0v) is 13.2. The molecule has 0 N–H and O–H groups in total. The summed E-state index contributed by atoms with van der Waals surface area (Å²) in [6.07, 6.45) is -2.08. The molecule has 1 aromatic heterocycles. The molecule has 23 heavy (non-hydrogen) atoms. The third kappa shape index (κ3) is 3.88. The molecule has 2 aromatic rings. The van der Waals surface area contributed by atoms with Crippen LogP contribution < -0.4 is 4.90 Å². The van der Waals surface area contributed by atoms with E-state index in [9.17, 15) is 13.2 Å². The van der Waals surface area contributed by atoms with Gasteiger partial charge in [0, 0.05) is 32.1 Å². The molecule has 1 aromatic carbocycles. The molecule has 0 aliphatic carbocycles. The van der Waals surface area contributed by atoms with E-state index in [1.807, 2.05) is 37.3 Å². The third-order valence-corrected chi connectivity index (χ3v) is 3.72. The van der Waals surface area contributed by atoms with Gasteiger partial charge in [-0.15, -0.1) is 0 Å². The van der Waals surface area contributed by atoms with Crippen molar-refractivity contribution >= 4 is 12.0 Å². The molecule has 2 rings (SSSR count). The van der Waals surface area contributed by atoms with Gasteiger partial charge in [-0.2, -0.15) is 13.2 Å². The minimum absolute atomic E-state index is 0.0375. The standard InChI is InChI=1S/C17H18F3N3/c1-12(13-7-5-4-6-8-13)23(3)16-9-15(17(18,19)20)14(10-21-2)11-22-16/h4-12H,1-3H3/t12-/m1/s1. The quantitative estimate of drug-likeness (QED) is 0.783. The van der Waals surface area contributed by atoms with E-state index in [1.54, 1.807) is 11.9 Å². The maximum absolute atomic E-state index is 13.2. The largest absolute Gasteiger partial charge is 0.417 e. The third-order valence-electron chi connectivity index (χ3n) is 3.72. The van der Waals surface area contributed by atoms with Gasteiger partial charge < -0.3 is 4.90 Å². The number of rotatable bonds is 4. The smallest absolute Gasteiger partial charge is 0.353 e. The summed E-state index contributed by atoms with van der Waals surface area (Å²) in [4.78, 5) is 9.53. The van der Waals surface area contributed by atoms with Gasteiger partial charge in [-0.25, -0.2) is 4.98 Å². The van der Waals surface area contributed by atoms with Crippen LogP contribution in [0.5, 0.6) is 0 Å². The van der Waals surface area contributed by atoms with Gasteiger partial charge in [-0.05, 0) is 18.6 Å². The number of nitrogens with zero attached hydrogens (tertiary/aromatic N) is 3. The van der Waals surface area contributed by atoms with Crippen molar-refractivity contribution in [1.82, 2.24) is 4.98 Å². The molecule has 0 saturated heterocycles. The van der Waals surface area contributed by atoms with E-state index in [0.717, 1.165) is 11.6 Å². The van der Waals surface area contributed by atoms with Crippen LogP contribution in [0, 0.1) is 0 Å². The molecular weight excluding hydrogens is 303 g/mol. The molecule has 0 bridgehead atoms. The van der Waals surface area contributed by atoms with E-state index in [4.69, 9.17) is 0 Å². The van der Waals surface area contributed by atoms with Crippen LogP contribution in [-0.4, -0.2) is 25.3 Å². The number of benzene rings is 1. The second kappa shape index (κ2) is 6.81. The molecule has 6 heteroatoms. The van der Waals surface area contributed by atoms with Gasteiger partial charge in [0.2, 0.25) is 0 Å². The molecule has 0 aliphatic rings. The lowest BCUT2D eigenvalue weighted by molar-refractivity contribution is -0.137. The lowest BCUT2D eigenvalue weighted by Gasteiger charge is -2.27. The Morgan fingerprint density at radius 3 is 2.43 bits per heavy atom. The van der Waals surface area contributed by atoms with Crippen molar-refractivity contribution in [3.8, 4) is 0 Å². The molecular formula is C17H18F3N3. The Morgan fingerprint density at radius 2 is 1.87 bits per heavy atom. The Morgan fingerprint density at radius 1 is 1.22 bits per heavy atom. The van der Waals surface area contributed by atoms with Crippen molar-refractivity contribution in [2.24, 2.45) is 4.99 Å². The zero-order valence-electron chi connectivity index (χ0n) is 13.2. The van der Waals surface area contributed by atoms with Crippen LogP contribution in [0.4, 0.5) is 19.0 Å². The van der Waals surface area contributed by atoms with Crippen LogP contribution in [0.25, 0.3) is 0 Å². The van der Waals surface area contributed by atoms with Crippen molar-refractivity contribution < 1.29 is 13.2 Å². The van der Waals surface area contributed by atoms with Crippen LogP contribution in [0.2, 0.25) is 0 Å². The average molecular weight is 321 g/mol. The second-order valence-corrected chi connectivity index (χ2v) is 5.21. The predicted molar refractivity (Wildman–Crippen MR) is 86.0 cm³/mol. The van der Waals surface area contributed by atoms with Crippen molar-refractivity contribution in [3.05, 3.63) is 59.3 Å². The normalized spacial score (nSPS) is 13.3. The maximum Gasteiger partial charge on any atom is 0.417 e. The molecule has 1 atom stereocenters. The Bertz CT molecular complexity index is 681. The SMILES string of the molecule is CN=Cc1cnc(N(C)[C@H](C)c2ccccc2)cc1C(F)(F)F. The lowest BCUT2D eigenvalue weighted by Crippen LogP contribution is -2.23. The van der Waals surface area contributed by atoms with E-state index in [1.165, 1.54) is 19.5 Å². The minimum atomic E-state index is -4.45. The fourth-order valence-electron chi connectivity index (χ4n) is 2.29. The van der Waals surface area contributed by atoms with Crippen LogP contribution in [0.15, 0.2) is 47.6 Å². The summed E-state index contributed by atoms with van der Waals surface area (Å²) in [5.41, 5.74) is 0.231. The van der Waals surface area contributed by atoms with E-state index >= 15 is 0 Å². The van der Waals surface area contributed by atoms with Crippen molar-refractivity contribution in [2.75, 3.05) is 19.0 Å². The first kappa shape index (κ1) is 17.0. The first-order valence-electron chi connectivity index (χ1n) is 7.11. The number of aliphatic imine (C=N–C) groups is 1. The number of aromatic nitrogens is 1. The van der Waals surface area contributed by atoms with Gasteiger partial charge in [0.05, 0.1) is 11.6 Å². The summed E-state index contributed by atoms with van der Waals surface area (Å²) in [5, 5.41) is 0. The van der Waals surface area contributed by atoms with Crippen molar-refractivity contribution in [3.63, 3.8) is 0 Å². The Balaban J connectivity index is 2.40. The summed E-state index contributed by atoms with van der Waals surface area (Å²) in [6.45, 7) is 1.92. The van der Waals surface area contributed by atoms with Crippen LogP contribution in [-0.2, 0) is 6.18 Å². The number of hydrogen-bond acceptors (Lipinski definition) is 3.